The molecule has 4 heteroatoms. The van der Waals surface area contributed by atoms with Gasteiger partial charge in [-0.3, -0.25) is 9.59 Å². The van der Waals surface area contributed by atoms with Gasteiger partial charge in [0.2, 0.25) is 0 Å². The van der Waals surface area contributed by atoms with Crippen molar-refractivity contribution >= 4 is 11.9 Å². The summed E-state index contributed by atoms with van der Waals surface area (Å²) in [7, 11) is 0. The highest BCUT2D eigenvalue weighted by molar-refractivity contribution is 5.78. The molecule has 0 amide bonds. The molecule has 2 fully saturated rings. The molecule has 0 heterocycles. The molecule has 0 unspecified atom stereocenters. The fraction of sp³-hybridized carbons (Fsp3) is 0.680. The van der Waals surface area contributed by atoms with Gasteiger partial charge in [0.15, 0.2) is 0 Å². The van der Waals surface area contributed by atoms with E-state index in [1.54, 1.807) is 0 Å². The Kier molecular flexibility index (Phi) is 7.02. The third kappa shape index (κ3) is 6.07. The van der Waals surface area contributed by atoms with Gasteiger partial charge >= 0.3 is 11.9 Å². The summed E-state index contributed by atoms with van der Waals surface area (Å²) in [4.78, 5) is 22.5. The van der Waals surface area contributed by atoms with Crippen LogP contribution in [0, 0.1) is 17.8 Å². The summed E-state index contributed by atoms with van der Waals surface area (Å²) in [6, 6.07) is 6.85. The van der Waals surface area contributed by atoms with Crippen LogP contribution in [0.1, 0.15) is 93.7 Å². The lowest BCUT2D eigenvalue weighted by Gasteiger charge is -2.11. The number of carboxylic acids is 2. The predicted octanol–water partition coefficient (Wildman–Crippen LogP) is 5.93. The van der Waals surface area contributed by atoms with Crippen molar-refractivity contribution < 1.29 is 19.8 Å². The topological polar surface area (TPSA) is 74.6 Å². The first-order valence-electron chi connectivity index (χ1n) is 11.4. The molecule has 2 aliphatic carbocycles. The van der Waals surface area contributed by atoms with Gasteiger partial charge in [-0.05, 0) is 82.3 Å². The molecule has 2 aliphatic rings. The Bertz CT molecular complexity index is 728. The maximum absolute atomic E-state index is 11.3. The van der Waals surface area contributed by atoms with Crippen molar-refractivity contribution in [2.45, 2.75) is 96.8 Å². The van der Waals surface area contributed by atoms with Crippen molar-refractivity contribution in [3.63, 3.8) is 0 Å². The van der Waals surface area contributed by atoms with Crippen LogP contribution in [-0.4, -0.2) is 22.2 Å². The van der Waals surface area contributed by atoms with Crippen LogP contribution < -0.4 is 0 Å². The second-order valence-electron chi connectivity index (χ2n) is 9.62. The Morgan fingerprint density at radius 3 is 1.59 bits per heavy atom. The molecule has 0 saturated heterocycles. The van der Waals surface area contributed by atoms with Gasteiger partial charge in [-0.25, -0.2) is 0 Å². The second kappa shape index (κ2) is 9.32. The number of unbranched alkanes of at least 4 members (excludes halogenated alkanes) is 4. The fourth-order valence-corrected chi connectivity index (χ4v) is 4.62. The summed E-state index contributed by atoms with van der Waals surface area (Å²) < 4.78 is 0. The monoisotopic (exact) mass is 400 g/mol. The van der Waals surface area contributed by atoms with E-state index in [4.69, 9.17) is 0 Å². The first-order chi connectivity index (χ1) is 13.9. The van der Waals surface area contributed by atoms with Gasteiger partial charge in [0.25, 0.3) is 0 Å². The molecule has 0 spiro atoms. The van der Waals surface area contributed by atoms with Crippen LogP contribution in [0.5, 0.6) is 0 Å². The molecular formula is C25H36O4. The quantitative estimate of drug-likeness (QED) is 0.380. The first-order valence-corrected chi connectivity index (χ1v) is 11.4. The highest BCUT2D eigenvalue weighted by Crippen LogP contribution is 2.50. The summed E-state index contributed by atoms with van der Waals surface area (Å²) in [6.45, 7) is 2.15. The predicted molar refractivity (Wildman–Crippen MR) is 114 cm³/mol. The summed E-state index contributed by atoms with van der Waals surface area (Å²) >= 11 is 0. The average Bonchev–Trinajstić information content (AvgIpc) is 3.57. The van der Waals surface area contributed by atoms with Gasteiger partial charge in [0.05, 0.1) is 10.8 Å². The third-order valence-electron chi connectivity index (χ3n) is 7.05. The molecule has 3 rings (SSSR count). The molecule has 0 aromatic heterocycles. The number of benzene rings is 1. The minimum absolute atomic E-state index is 0.366. The largest absolute Gasteiger partial charge is 0.481 e. The highest BCUT2D eigenvalue weighted by atomic mass is 16.4. The van der Waals surface area contributed by atoms with Crippen LogP contribution in [0.4, 0.5) is 0 Å². The molecular weight excluding hydrogens is 364 g/mol. The maximum atomic E-state index is 11.3. The normalized spacial score (nSPS) is 18.4. The van der Waals surface area contributed by atoms with Crippen LogP contribution in [0.25, 0.3) is 0 Å². The van der Waals surface area contributed by atoms with Crippen LogP contribution in [0.2, 0.25) is 0 Å². The molecule has 160 valence electrons. The van der Waals surface area contributed by atoms with Gasteiger partial charge in [-0.15, -0.1) is 0 Å². The van der Waals surface area contributed by atoms with Gasteiger partial charge in [-0.2, -0.15) is 0 Å². The Morgan fingerprint density at radius 1 is 0.724 bits per heavy atom. The smallest absolute Gasteiger partial charge is 0.309 e. The van der Waals surface area contributed by atoms with E-state index in [9.17, 15) is 19.8 Å². The number of carboxylic acid groups (broad SMARTS) is 2. The molecule has 29 heavy (non-hydrogen) atoms. The van der Waals surface area contributed by atoms with E-state index in [0.717, 1.165) is 89.9 Å². The maximum Gasteiger partial charge on any atom is 0.309 e. The SMILES string of the molecule is Cc1cc(CCCCCCC2(C(=O)O)CC2)cc(CCCCC2(C(=O)O)CC2)c1. The molecule has 2 N–H and O–H groups in total. The first kappa shape index (κ1) is 21.9. The van der Waals surface area contributed by atoms with Crippen LogP contribution in [-0.2, 0) is 22.4 Å². The zero-order chi connectivity index (χ0) is 20.9. The summed E-state index contributed by atoms with van der Waals surface area (Å²) in [5.41, 5.74) is 3.32. The lowest BCUT2D eigenvalue weighted by Crippen LogP contribution is -2.14. The Hall–Kier alpha value is -1.84. The van der Waals surface area contributed by atoms with Crippen molar-refractivity contribution in [1.82, 2.24) is 0 Å². The average molecular weight is 401 g/mol. The standard InChI is InChI=1S/C25H36O4/c1-19-16-20(8-4-2-3-6-10-24(12-13-24)22(26)27)18-21(17-19)9-5-7-11-25(14-15-25)23(28)29/h16-18H,2-15H2,1H3,(H,26,27)(H,28,29). The molecule has 1 aromatic carbocycles. The minimum Gasteiger partial charge on any atom is -0.481 e. The highest BCUT2D eigenvalue weighted by Gasteiger charge is 2.49. The van der Waals surface area contributed by atoms with Gasteiger partial charge in [-0.1, -0.05) is 49.4 Å². The van der Waals surface area contributed by atoms with E-state index in [1.165, 1.54) is 16.7 Å². The van der Waals surface area contributed by atoms with Gasteiger partial charge < -0.3 is 10.2 Å². The van der Waals surface area contributed by atoms with E-state index >= 15 is 0 Å². The van der Waals surface area contributed by atoms with Crippen LogP contribution in [0.15, 0.2) is 18.2 Å². The molecule has 2 saturated carbocycles. The number of hydrogen-bond donors (Lipinski definition) is 2. The number of aryl methyl sites for hydroxylation is 3. The van der Waals surface area contributed by atoms with Crippen LogP contribution in [0.3, 0.4) is 0 Å². The summed E-state index contributed by atoms with van der Waals surface area (Å²) in [6.07, 6.45) is 13.8. The molecule has 4 nitrogen and oxygen atoms in total. The van der Waals surface area contributed by atoms with E-state index < -0.39 is 11.9 Å². The number of aliphatic carboxylic acids is 2. The molecule has 1 aromatic rings. The minimum atomic E-state index is -0.606. The second-order valence-corrected chi connectivity index (χ2v) is 9.62. The molecule has 0 bridgehead atoms. The molecule has 0 aliphatic heterocycles. The zero-order valence-electron chi connectivity index (χ0n) is 17.8. The Labute approximate surface area is 174 Å². The van der Waals surface area contributed by atoms with Crippen molar-refractivity contribution in [3.8, 4) is 0 Å². The number of carbonyl (C=O) groups is 2. The van der Waals surface area contributed by atoms with Crippen molar-refractivity contribution in [3.05, 3.63) is 34.9 Å². The van der Waals surface area contributed by atoms with Crippen molar-refractivity contribution in [2.75, 3.05) is 0 Å². The molecule has 0 radical (unpaired) electrons. The lowest BCUT2D eigenvalue weighted by molar-refractivity contribution is -0.144. The number of rotatable bonds is 14. The van der Waals surface area contributed by atoms with E-state index in [0.29, 0.717) is 0 Å². The third-order valence-corrected chi connectivity index (χ3v) is 7.05. The summed E-state index contributed by atoms with van der Waals surface area (Å²) in [5, 5.41) is 18.5. The van der Waals surface area contributed by atoms with Crippen LogP contribution >= 0.6 is 0 Å². The van der Waals surface area contributed by atoms with E-state index in [-0.39, 0.29) is 10.8 Å². The van der Waals surface area contributed by atoms with Crippen molar-refractivity contribution in [2.24, 2.45) is 10.8 Å². The Balaban J connectivity index is 1.33. The fourth-order valence-electron chi connectivity index (χ4n) is 4.62. The zero-order valence-corrected chi connectivity index (χ0v) is 17.8. The lowest BCUT2D eigenvalue weighted by atomic mass is 9.95. The Morgan fingerprint density at radius 2 is 1.14 bits per heavy atom. The van der Waals surface area contributed by atoms with Gasteiger partial charge in [0, 0.05) is 0 Å². The number of hydrogen-bond acceptors (Lipinski definition) is 2. The summed E-state index contributed by atoms with van der Waals surface area (Å²) in [5.74, 6) is -1.20. The van der Waals surface area contributed by atoms with Gasteiger partial charge in [0.1, 0.15) is 0 Å². The van der Waals surface area contributed by atoms with E-state index in [2.05, 4.69) is 25.1 Å². The van der Waals surface area contributed by atoms with Crippen molar-refractivity contribution in [1.29, 1.82) is 0 Å². The van der Waals surface area contributed by atoms with E-state index in [1.807, 2.05) is 0 Å². The molecule has 0 atom stereocenters.